The molecular weight excluding hydrogens is 357 g/mol. The summed E-state index contributed by atoms with van der Waals surface area (Å²) in [7, 11) is -3.88. The Labute approximate surface area is 138 Å². The van der Waals surface area contributed by atoms with Gasteiger partial charge in [0.15, 0.2) is 0 Å². The first-order valence-corrected chi connectivity index (χ1v) is 8.49. The van der Waals surface area contributed by atoms with Crippen LogP contribution in [0.2, 0.25) is 0 Å². The Bertz CT molecular complexity index is 508. The first kappa shape index (κ1) is 18.1. The van der Waals surface area contributed by atoms with Gasteiger partial charge in [-0.15, -0.1) is 23.2 Å². The summed E-state index contributed by atoms with van der Waals surface area (Å²) in [5.74, 6) is 0.690. The molecule has 0 saturated carbocycles. The Morgan fingerprint density at radius 1 is 0.810 bits per heavy atom. The number of benzene rings is 2. The quantitative estimate of drug-likeness (QED) is 0.490. The highest BCUT2D eigenvalue weighted by atomic mass is 35.5. The number of phosphoric acid groups is 1. The minimum Gasteiger partial charge on any atom is -0.394 e. The third-order valence-electron chi connectivity index (χ3n) is 2.01. The Morgan fingerprint density at radius 2 is 1.14 bits per heavy atom. The van der Waals surface area contributed by atoms with Crippen LogP contribution in [0.25, 0.3) is 0 Å². The van der Waals surface area contributed by atoms with Gasteiger partial charge in [-0.3, -0.25) is 0 Å². The second-order valence-corrected chi connectivity index (χ2v) is 6.05. The second kappa shape index (κ2) is 9.93. The lowest BCUT2D eigenvalue weighted by Gasteiger charge is -2.15. The number of hydrogen-bond acceptors (Lipinski definition) is 4. The van der Waals surface area contributed by atoms with E-state index < -0.39 is 7.82 Å². The molecule has 0 N–H and O–H groups in total. The fourth-order valence-electron chi connectivity index (χ4n) is 1.27. The molecule has 0 aliphatic rings. The maximum Gasteiger partial charge on any atom is 0.604 e. The van der Waals surface area contributed by atoms with E-state index in [1.54, 1.807) is 60.7 Å². The lowest BCUT2D eigenvalue weighted by Crippen LogP contribution is -2.00. The van der Waals surface area contributed by atoms with E-state index in [0.717, 1.165) is 0 Å². The summed E-state index contributed by atoms with van der Waals surface area (Å²) in [5.41, 5.74) is 0. The molecule has 8 heteroatoms. The largest absolute Gasteiger partial charge is 0.604 e. The highest BCUT2D eigenvalue weighted by Gasteiger charge is 2.30. The topological polar surface area (TPSA) is 44.8 Å². The van der Waals surface area contributed by atoms with Crippen LogP contribution in [0.1, 0.15) is 0 Å². The van der Waals surface area contributed by atoms with Gasteiger partial charge in [-0.2, -0.15) is 4.08 Å². The molecule has 0 saturated heterocycles. The van der Waals surface area contributed by atoms with Gasteiger partial charge in [0.05, 0.1) is 17.2 Å². The van der Waals surface area contributed by atoms with Crippen LogP contribution in [0.3, 0.4) is 0 Å². The fraction of sp³-hybridized carbons (Fsp3) is 0.0769. The van der Waals surface area contributed by atoms with Gasteiger partial charge in [-0.05, 0) is 24.3 Å². The van der Waals surface area contributed by atoms with E-state index in [-0.39, 0.29) is 5.34 Å². The first-order chi connectivity index (χ1) is 10.1. The molecule has 0 bridgehead atoms. The molecule has 2 aromatic carbocycles. The first-order valence-electron chi connectivity index (χ1n) is 5.65. The van der Waals surface area contributed by atoms with Crippen molar-refractivity contribution in [3.63, 3.8) is 0 Å². The van der Waals surface area contributed by atoms with Crippen molar-refractivity contribution >= 4 is 42.9 Å². The van der Waals surface area contributed by atoms with Gasteiger partial charge in [0, 0.05) is 0 Å². The summed E-state index contributed by atoms with van der Waals surface area (Å²) in [4.78, 5) is 0. The Balaban J connectivity index is 0.000000677. The van der Waals surface area contributed by atoms with E-state index in [2.05, 4.69) is 4.08 Å². The molecule has 21 heavy (non-hydrogen) atoms. The van der Waals surface area contributed by atoms with Gasteiger partial charge < -0.3 is 9.05 Å². The molecule has 0 heterocycles. The lowest BCUT2D eigenvalue weighted by molar-refractivity contribution is 0.308. The number of phosphoric ester groups is 1. The second-order valence-electron chi connectivity index (χ2n) is 3.43. The van der Waals surface area contributed by atoms with Crippen molar-refractivity contribution in [3.05, 3.63) is 60.7 Å². The molecule has 0 radical (unpaired) electrons. The standard InChI is InChI=1S/C12H10ClO4P.CH2Cl2/c13-17-18(14,15-11-7-3-1-4-8-11)16-12-9-5-2-6-10-12;2-1-3/h1-10H;1H2. The molecule has 114 valence electrons. The van der Waals surface area contributed by atoms with Gasteiger partial charge in [0.1, 0.15) is 11.5 Å². The van der Waals surface area contributed by atoms with Crippen LogP contribution in [-0.2, 0) is 8.64 Å². The van der Waals surface area contributed by atoms with Crippen LogP contribution in [0.5, 0.6) is 11.5 Å². The molecule has 4 nitrogen and oxygen atoms in total. The number of alkyl halides is 2. The van der Waals surface area contributed by atoms with Crippen LogP contribution in [-0.4, -0.2) is 5.34 Å². The molecule has 0 aromatic heterocycles. The monoisotopic (exact) mass is 368 g/mol. The molecule has 2 aromatic rings. The van der Waals surface area contributed by atoms with Gasteiger partial charge in [0.2, 0.25) is 0 Å². The molecule has 0 unspecified atom stereocenters. The average Bonchev–Trinajstić information content (AvgIpc) is 2.50. The normalized spacial score (nSPS) is 10.2. The molecule has 0 aliphatic carbocycles. The molecule has 0 aliphatic heterocycles. The Hall–Kier alpha value is -0.900. The van der Waals surface area contributed by atoms with E-state index in [0.29, 0.717) is 11.5 Å². The van der Waals surface area contributed by atoms with Crippen molar-refractivity contribution in [1.29, 1.82) is 0 Å². The molecule has 0 atom stereocenters. The lowest BCUT2D eigenvalue weighted by atomic mass is 10.3. The molecule has 0 spiro atoms. The van der Waals surface area contributed by atoms with E-state index in [4.69, 9.17) is 44.1 Å². The van der Waals surface area contributed by atoms with Crippen LogP contribution >= 0.6 is 42.9 Å². The Morgan fingerprint density at radius 3 is 1.43 bits per heavy atom. The van der Waals surface area contributed by atoms with Crippen molar-refractivity contribution in [3.8, 4) is 11.5 Å². The number of halogens is 3. The highest BCUT2D eigenvalue weighted by Crippen LogP contribution is 2.50. The van der Waals surface area contributed by atoms with Gasteiger partial charge in [-0.25, -0.2) is 4.57 Å². The minimum absolute atomic E-state index is 0.194. The predicted octanol–water partition coefficient (Wildman–Crippen LogP) is 5.84. The van der Waals surface area contributed by atoms with Crippen molar-refractivity contribution in [1.82, 2.24) is 0 Å². The van der Waals surface area contributed by atoms with Gasteiger partial charge in [0.25, 0.3) is 0 Å². The zero-order chi connectivity index (χ0) is 15.6. The van der Waals surface area contributed by atoms with Crippen molar-refractivity contribution in [2.75, 3.05) is 5.34 Å². The number of para-hydroxylation sites is 2. The summed E-state index contributed by atoms with van der Waals surface area (Å²) in [6.45, 7) is 0. The summed E-state index contributed by atoms with van der Waals surface area (Å²) in [5, 5.41) is 0.194. The van der Waals surface area contributed by atoms with E-state index >= 15 is 0 Å². The van der Waals surface area contributed by atoms with Crippen LogP contribution in [0.15, 0.2) is 60.7 Å². The number of hydrogen-bond donors (Lipinski definition) is 0. The maximum absolute atomic E-state index is 12.1. The molecule has 2 rings (SSSR count). The van der Waals surface area contributed by atoms with Crippen molar-refractivity contribution in [2.24, 2.45) is 0 Å². The third-order valence-corrected chi connectivity index (χ3v) is 3.55. The average molecular weight is 370 g/mol. The summed E-state index contributed by atoms with van der Waals surface area (Å²) >= 11 is 14.7. The summed E-state index contributed by atoms with van der Waals surface area (Å²) in [6, 6.07) is 17.0. The Kier molecular flexibility index (Phi) is 8.58. The fourth-order valence-corrected chi connectivity index (χ4v) is 2.29. The summed E-state index contributed by atoms with van der Waals surface area (Å²) < 4.78 is 26.7. The molecule has 0 fully saturated rings. The van der Waals surface area contributed by atoms with Gasteiger partial charge in [-0.1, -0.05) is 36.4 Å². The van der Waals surface area contributed by atoms with Crippen molar-refractivity contribution in [2.45, 2.75) is 0 Å². The zero-order valence-corrected chi connectivity index (χ0v) is 13.9. The van der Waals surface area contributed by atoms with Crippen molar-refractivity contribution < 1.29 is 17.7 Å². The van der Waals surface area contributed by atoms with E-state index in [1.807, 2.05) is 0 Å². The molecular formula is C13H12Cl3O4P. The third kappa shape index (κ3) is 7.07. The minimum atomic E-state index is -3.88. The molecule has 0 amide bonds. The highest BCUT2D eigenvalue weighted by molar-refractivity contribution is 7.50. The maximum atomic E-state index is 12.1. The van der Waals surface area contributed by atoms with E-state index in [1.165, 1.54) is 0 Å². The SMILES string of the molecule is ClCCl.O=P(OCl)(Oc1ccccc1)Oc1ccccc1. The zero-order valence-electron chi connectivity index (χ0n) is 10.7. The smallest absolute Gasteiger partial charge is 0.394 e. The predicted molar refractivity (Wildman–Crippen MR) is 85.3 cm³/mol. The summed E-state index contributed by atoms with van der Waals surface area (Å²) in [6.07, 6.45) is 0. The van der Waals surface area contributed by atoms with Crippen LogP contribution in [0, 0.1) is 0 Å². The van der Waals surface area contributed by atoms with Crippen LogP contribution < -0.4 is 9.05 Å². The van der Waals surface area contributed by atoms with Gasteiger partial charge >= 0.3 is 7.82 Å². The number of rotatable bonds is 5. The van der Waals surface area contributed by atoms with E-state index in [9.17, 15) is 4.57 Å². The van der Waals surface area contributed by atoms with Crippen LogP contribution in [0.4, 0.5) is 0 Å².